The average molecular weight is 342 g/mol. The van der Waals surface area contributed by atoms with Crippen LogP contribution >= 0.6 is 11.3 Å². The minimum atomic E-state index is -0.152. The van der Waals surface area contributed by atoms with Crippen LogP contribution in [0.4, 0.5) is 5.13 Å². The summed E-state index contributed by atoms with van der Waals surface area (Å²) in [7, 11) is 0. The van der Waals surface area contributed by atoms with Gasteiger partial charge in [-0.15, -0.1) is 5.10 Å². The molecule has 1 atom stereocenters. The fourth-order valence-electron chi connectivity index (χ4n) is 3.40. The van der Waals surface area contributed by atoms with Crippen LogP contribution < -0.4 is 4.90 Å². The SMILES string of the molecule is c1ccc(-c2cn3nc(N4CCOC5(CCOC5)C4)sc3n2)cc1. The summed E-state index contributed by atoms with van der Waals surface area (Å²) < 4.78 is 13.4. The molecule has 124 valence electrons. The summed E-state index contributed by atoms with van der Waals surface area (Å²) in [4.78, 5) is 7.95. The molecule has 1 unspecified atom stereocenters. The number of nitrogens with zero attached hydrogens (tertiary/aromatic N) is 4. The van der Waals surface area contributed by atoms with Gasteiger partial charge in [-0.3, -0.25) is 0 Å². The highest BCUT2D eigenvalue weighted by Crippen LogP contribution is 2.32. The molecule has 0 N–H and O–H groups in total. The Balaban J connectivity index is 1.43. The lowest BCUT2D eigenvalue weighted by molar-refractivity contribution is -0.0579. The van der Waals surface area contributed by atoms with Crippen molar-refractivity contribution in [3.8, 4) is 11.3 Å². The van der Waals surface area contributed by atoms with Crippen LogP contribution in [0.2, 0.25) is 0 Å². The van der Waals surface area contributed by atoms with Gasteiger partial charge < -0.3 is 14.4 Å². The van der Waals surface area contributed by atoms with Crippen molar-refractivity contribution >= 4 is 21.4 Å². The molecule has 2 fully saturated rings. The molecule has 2 aliphatic heterocycles. The van der Waals surface area contributed by atoms with Crippen LogP contribution in [0.5, 0.6) is 0 Å². The first-order valence-electron chi connectivity index (χ1n) is 8.20. The van der Waals surface area contributed by atoms with E-state index in [1.807, 2.05) is 28.9 Å². The second-order valence-corrected chi connectivity index (χ2v) is 7.29. The highest BCUT2D eigenvalue weighted by atomic mass is 32.1. The number of fused-ring (bicyclic) bond motifs is 1. The Bertz CT molecular complexity index is 822. The van der Waals surface area contributed by atoms with E-state index in [9.17, 15) is 0 Å². The predicted octanol–water partition coefficient (Wildman–Crippen LogP) is 2.45. The second kappa shape index (κ2) is 5.54. The normalized spacial score (nSPS) is 24.2. The zero-order valence-corrected chi connectivity index (χ0v) is 14.0. The van der Waals surface area contributed by atoms with Gasteiger partial charge in [-0.25, -0.2) is 9.50 Å². The van der Waals surface area contributed by atoms with E-state index in [-0.39, 0.29) is 5.60 Å². The van der Waals surface area contributed by atoms with Crippen molar-refractivity contribution in [3.05, 3.63) is 36.5 Å². The fraction of sp³-hybridized carbons (Fsp3) is 0.412. The Morgan fingerprint density at radius 3 is 2.88 bits per heavy atom. The van der Waals surface area contributed by atoms with E-state index < -0.39 is 0 Å². The quantitative estimate of drug-likeness (QED) is 0.716. The van der Waals surface area contributed by atoms with E-state index in [1.54, 1.807) is 11.3 Å². The number of benzene rings is 1. The number of hydrogen-bond acceptors (Lipinski definition) is 6. The molecular weight excluding hydrogens is 324 g/mol. The molecular formula is C17H18N4O2S. The number of morpholine rings is 1. The second-order valence-electron chi connectivity index (χ2n) is 6.36. The molecule has 4 heterocycles. The number of anilines is 1. The number of ether oxygens (including phenoxy) is 2. The Morgan fingerprint density at radius 1 is 1.17 bits per heavy atom. The van der Waals surface area contributed by atoms with Crippen LogP contribution in [-0.2, 0) is 9.47 Å². The maximum absolute atomic E-state index is 6.00. The molecule has 6 nitrogen and oxygen atoms in total. The van der Waals surface area contributed by atoms with Gasteiger partial charge in [-0.1, -0.05) is 41.7 Å². The highest BCUT2D eigenvalue weighted by Gasteiger charge is 2.41. The van der Waals surface area contributed by atoms with E-state index in [1.165, 1.54) is 0 Å². The summed E-state index contributed by atoms with van der Waals surface area (Å²) in [6.45, 7) is 3.90. The van der Waals surface area contributed by atoms with Crippen molar-refractivity contribution in [1.29, 1.82) is 0 Å². The van der Waals surface area contributed by atoms with Crippen molar-refractivity contribution in [1.82, 2.24) is 14.6 Å². The molecule has 3 aromatic rings. The predicted molar refractivity (Wildman–Crippen MR) is 92.6 cm³/mol. The molecule has 0 saturated carbocycles. The number of imidazole rings is 1. The minimum Gasteiger partial charge on any atom is -0.378 e. The molecule has 0 aliphatic carbocycles. The van der Waals surface area contributed by atoms with E-state index in [0.717, 1.165) is 54.1 Å². The third kappa shape index (κ3) is 2.40. The Hall–Kier alpha value is -1.96. The summed E-state index contributed by atoms with van der Waals surface area (Å²) in [6.07, 6.45) is 2.96. The van der Waals surface area contributed by atoms with Crippen LogP contribution in [-0.4, -0.2) is 53.1 Å². The molecule has 2 aliphatic rings. The average Bonchev–Trinajstić information content (AvgIpc) is 3.31. The van der Waals surface area contributed by atoms with Crippen molar-refractivity contribution in [2.75, 3.05) is 37.8 Å². The first-order valence-corrected chi connectivity index (χ1v) is 9.01. The highest BCUT2D eigenvalue weighted by molar-refractivity contribution is 7.20. The monoisotopic (exact) mass is 342 g/mol. The molecule has 24 heavy (non-hydrogen) atoms. The lowest BCUT2D eigenvalue weighted by Crippen LogP contribution is -2.52. The third-order valence-corrected chi connectivity index (χ3v) is 5.67. The van der Waals surface area contributed by atoms with Gasteiger partial charge in [0.2, 0.25) is 10.1 Å². The van der Waals surface area contributed by atoms with Gasteiger partial charge >= 0.3 is 0 Å². The summed E-state index contributed by atoms with van der Waals surface area (Å²) >= 11 is 1.63. The molecule has 1 aromatic carbocycles. The largest absolute Gasteiger partial charge is 0.378 e. The zero-order chi connectivity index (χ0) is 16.0. The van der Waals surface area contributed by atoms with E-state index in [2.05, 4.69) is 17.0 Å². The zero-order valence-electron chi connectivity index (χ0n) is 13.2. The Morgan fingerprint density at radius 2 is 2.08 bits per heavy atom. The first-order chi connectivity index (χ1) is 11.8. The van der Waals surface area contributed by atoms with Crippen molar-refractivity contribution in [3.63, 3.8) is 0 Å². The molecule has 7 heteroatoms. The molecule has 0 amide bonds. The van der Waals surface area contributed by atoms with Crippen LogP contribution in [0.15, 0.2) is 36.5 Å². The number of hydrogen-bond donors (Lipinski definition) is 0. The van der Waals surface area contributed by atoms with E-state index >= 15 is 0 Å². The summed E-state index contributed by atoms with van der Waals surface area (Å²) in [5.74, 6) is 0. The topological polar surface area (TPSA) is 51.9 Å². The van der Waals surface area contributed by atoms with Crippen LogP contribution in [0.1, 0.15) is 6.42 Å². The Labute approximate surface area is 143 Å². The van der Waals surface area contributed by atoms with Crippen molar-refractivity contribution in [2.45, 2.75) is 12.0 Å². The lowest BCUT2D eigenvalue weighted by atomic mass is 10.0. The van der Waals surface area contributed by atoms with Crippen molar-refractivity contribution < 1.29 is 9.47 Å². The third-order valence-electron chi connectivity index (χ3n) is 4.69. The maximum atomic E-state index is 6.00. The van der Waals surface area contributed by atoms with Crippen molar-refractivity contribution in [2.24, 2.45) is 0 Å². The maximum Gasteiger partial charge on any atom is 0.214 e. The number of aromatic nitrogens is 3. The molecule has 5 rings (SSSR count). The smallest absolute Gasteiger partial charge is 0.214 e. The fourth-order valence-corrected chi connectivity index (χ4v) is 4.31. The summed E-state index contributed by atoms with van der Waals surface area (Å²) in [6, 6.07) is 10.2. The standard InChI is InChI=1S/C17H18N4O2S/c1-2-4-13(5-3-1)14-10-21-15(18-14)24-16(19-21)20-7-9-23-17(11-20)6-8-22-12-17/h1-5,10H,6-9,11-12H2. The Kier molecular flexibility index (Phi) is 3.32. The van der Waals surface area contributed by atoms with Gasteiger partial charge in [-0.2, -0.15) is 0 Å². The molecule has 2 aromatic heterocycles. The van der Waals surface area contributed by atoms with Gasteiger partial charge in [0, 0.05) is 25.1 Å². The first kappa shape index (κ1) is 14.4. The van der Waals surface area contributed by atoms with Gasteiger partial charge in [0.15, 0.2) is 0 Å². The molecule has 2 saturated heterocycles. The van der Waals surface area contributed by atoms with Gasteiger partial charge in [0.25, 0.3) is 0 Å². The molecule has 0 radical (unpaired) electrons. The van der Waals surface area contributed by atoms with Gasteiger partial charge in [0.05, 0.1) is 31.6 Å². The molecule has 0 bridgehead atoms. The van der Waals surface area contributed by atoms with Gasteiger partial charge in [-0.05, 0) is 0 Å². The van der Waals surface area contributed by atoms with Crippen LogP contribution in [0.3, 0.4) is 0 Å². The lowest BCUT2D eigenvalue weighted by Gasteiger charge is -2.39. The number of rotatable bonds is 2. The molecule has 1 spiro atoms. The van der Waals surface area contributed by atoms with Crippen LogP contribution in [0, 0.1) is 0 Å². The van der Waals surface area contributed by atoms with E-state index in [0.29, 0.717) is 6.61 Å². The minimum absolute atomic E-state index is 0.152. The summed E-state index contributed by atoms with van der Waals surface area (Å²) in [5.41, 5.74) is 1.93. The van der Waals surface area contributed by atoms with Gasteiger partial charge in [0.1, 0.15) is 5.60 Å². The van der Waals surface area contributed by atoms with E-state index in [4.69, 9.17) is 19.6 Å². The summed E-state index contributed by atoms with van der Waals surface area (Å²) in [5, 5.41) is 5.75. The van der Waals surface area contributed by atoms with Crippen LogP contribution in [0.25, 0.3) is 16.2 Å².